The van der Waals surface area contributed by atoms with E-state index in [9.17, 15) is 14.4 Å². The molecule has 3 unspecified atom stereocenters. The van der Waals surface area contributed by atoms with Gasteiger partial charge in [0.15, 0.2) is 6.54 Å². The molecule has 2 aliphatic heterocycles. The smallest absolute Gasteiger partial charge is 0.258 e. The van der Waals surface area contributed by atoms with Crippen LogP contribution < -0.4 is 4.90 Å². The van der Waals surface area contributed by atoms with E-state index in [0.717, 1.165) is 25.2 Å². The lowest BCUT2D eigenvalue weighted by atomic mass is 9.87. The molecule has 2 heterocycles. The van der Waals surface area contributed by atoms with Crippen molar-refractivity contribution in [1.29, 1.82) is 5.26 Å². The highest BCUT2D eigenvalue weighted by atomic mass is 19.1. The number of carbonyl (C=O) groups excluding carboxylic acids is 1. The first-order chi connectivity index (χ1) is 12.9. The number of nitriles is 1. The van der Waals surface area contributed by atoms with E-state index in [0.29, 0.717) is 16.6 Å². The summed E-state index contributed by atoms with van der Waals surface area (Å²) in [5.74, 6) is -0.204. The molecule has 1 amide bonds. The number of nitrogens with zero attached hydrogens (tertiary/aromatic N) is 3. The number of hydrogen-bond acceptors (Lipinski definition) is 2. The molecule has 1 saturated heterocycles. The maximum atomic E-state index is 13.3. The molecule has 4 nitrogen and oxygen atoms in total. The van der Waals surface area contributed by atoms with E-state index in [-0.39, 0.29) is 23.7 Å². The van der Waals surface area contributed by atoms with Crippen LogP contribution in [0.1, 0.15) is 33.8 Å². The zero-order valence-electron chi connectivity index (χ0n) is 15.7. The predicted molar refractivity (Wildman–Crippen MR) is 102 cm³/mol. The number of likely N-dealkylation sites (N-methyl/N-ethyl adjacent to an activating group) is 1. The summed E-state index contributed by atoms with van der Waals surface area (Å²) in [5, 5.41) is 9.21. The second-order valence-electron chi connectivity index (χ2n) is 8.05. The monoisotopic (exact) mass is 364 g/mol. The second-order valence-corrected chi connectivity index (χ2v) is 8.05. The number of aryl methyl sites for hydroxylation is 1. The zero-order chi connectivity index (χ0) is 19.2. The van der Waals surface area contributed by atoms with Crippen LogP contribution in [0.25, 0.3) is 0 Å². The first kappa shape index (κ1) is 17.7. The summed E-state index contributed by atoms with van der Waals surface area (Å²) in [6, 6.07) is 14.4. The van der Waals surface area contributed by atoms with Crippen molar-refractivity contribution in [1.82, 2.24) is 0 Å². The molecule has 0 saturated carbocycles. The van der Waals surface area contributed by atoms with Crippen LogP contribution >= 0.6 is 0 Å². The summed E-state index contributed by atoms with van der Waals surface area (Å²) < 4.78 is 14.0. The molecule has 1 fully saturated rings. The van der Waals surface area contributed by atoms with E-state index in [1.807, 2.05) is 17.0 Å². The third-order valence-corrected chi connectivity index (χ3v) is 6.00. The van der Waals surface area contributed by atoms with Crippen LogP contribution in [-0.2, 0) is 0 Å². The maximum Gasteiger partial charge on any atom is 0.258 e. The Kier molecular flexibility index (Phi) is 4.24. The highest BCUT2D eigenvalue weighted by molar-refractivity contribution is 6.08. The van der Waals surface area contributed by atoms with Crippen molar-refractivity contribution >= 4 is 11.6 Å². The fraction of sp³-hybridized carbons (Fsp3) is 0.364. The summed E-state index contributed by atoms with van der Waals surface area (Å²) in [7, 11) is 2.12. The number of halogens is 1. The van der Waals surface area contributed by atoms with Crippen molar-refractivity contribution in [2.45, 2.75) is 25.3 Å². The number of amides is 1. The number of quaternary nitrogens is 1. The molecule has 2 aliphatic rings. The minimum Gasteiger partial charge on any atom is -0.314 e. The standard InChI is InChI=1S/C22H23FN3O/c1-15-3-8-20-18(13-15)19-14-26(2,12-10-24)11-9-21(19)25(20)22(27)16-4-6-17(23)7-5-16/h3-8,13,19,21H,9,11-12,14H2,1-2H3/q+1. The van der Waals surface area contributed by atoms with Gasteiger partial charge in [-0.15, -0.1) is 0 Å². The normalized spacial score (nSPS) is 26.2. The van der Waals surface area contributed by atoms with Gasteiger partial charge in [0.25, 0.3) is 5.91 Å². The Balaban J connectivity index is 1.75. The summed E-state index contributed by atoms with van der Waals surface area (Å²) in [4.78, 5) is 15.2. The van der Waals surface area contributed by atoms with E-state index >= 15 is 0 Å². The molecule has 2 aromatic rings. The van der Waals surface area contributed by atoms with Gasteiger partial charge in [-0.2, -0.15) is 5.26 Å². The lowest BCUT2D eigenvalue weighted by Gasteiger charge is -2.43. The molecule has 138 valence electrons. The van der Waals surface area contributed by atoms with Gasteiger partial charge >= 0.3 is 0 Å². The molecule has 3 atom stereocenters. The lowest BCUT2D eigenvalue weighted by molar-refractivity contribution is -0.908. The molecule has 4 rings (SSSR count). The molecule has 2 aromatic carbocycles. The molecule has 0 spiro atoms. The Bertz CT molecular complexity index is 934. The van der Waals surface area contributed by atoms with Gasteiger partial charge in [-0.1, -0.05) is 17.7 Å². The minimum atomic E-state index is -0.343. The number of benzene rings is 2. The van der Waals surface area contributed by atoms with Crippen molar-refractivity contribution in [3.05, 3.63) is 65.0 Å². The van der Waals surface area contributed by atoms with Crippen molar-refractivity contribution < 1.29 is 13.7 Å². The van der Waals surface area contributed by atoms with E-state index in [1.165, 1.54) is 23.3 Å². The van der Waals surface area contributed by atoms with Gasteiger partial charge < -0.3 is 9.38 Å². The Morgan fingerprint density at radius 2 is 2.04 bits per heavy atom. The fourth-order valence-electron chi connectivity index (χ4n) is 4.62. The second kappa shape index (κ2) is 6.47. The number of anilines is 1. The Labute approximate surface area is 159 Å². The summed E-state index contributed by atoms with van der Waals surface area (Å²) >= 11 is 0. The van der Waals surface area contributed by atoms with E-state index < -0.39 is 0 Å². The van der Waals surface area contributed by atoms with Crippen molar-refractivity contribution in [3.8, 4) is 6.07 Å². The third kappa shape index (κ3) is 3.00. The average Bonchev–Trinajstić information content (AvgIpc) is 2.94. The number of rotatable bonds is 2. The van der Waals surface area contributed by atoms with Crippen LogP contribution in [0.3, 0.4) is 0 Å². The molecular weight excluding hydrogens is 341 g/mol. The first-order valence-corrected chi connectivity index (χ1v) is 9.32. The quantitative estimate of drug-likeness (QED) is 0.603. The highest BCUT2D eigenvalue weighted by Gasteiger charge is 2.48. The van der Waals surface area contributed by atoms with E-state index in [2.05, 4.69) is 26.1 Å². The van der Waals surface area contributed by atoms with Crippen LogP contribution in [0.5, 0.6) is 0 Å². The number of fused-ring (bicyclic) bond motifs is 3. The van der Waals surface area contributed by atoms with Crippen LogP contribution in [0.15, 0.2) is 42.5 Å². The molecule has 0 radical (unpaired) electrons. The maximum absolute atomic E-state index is 13.3. The van der Waals surface area contributed by atoms with Gasteiger partial charge in [0.1, 0.15) is 11.9 Å². The molecule has 0 aromatic heterocycles. The van der Waals surface area contributed by atoms with Crippen LogP contribution in [-0.4, -0.2) is 43.1 Å². The van der Waals surface area contributed by atoms with Crippen LogP contribution in [0, 0.1) is 24.1 Å². The summed E-state index contributed by atoms with van der Waals surface area (Å²) in [5.41, 5.74) is 3.82. The van der Waals surface area contributed by atoms with Crippen molar-refractivity contribution in [3.63, 3.8) is 0 Å². The number of carbonyl (C=O) groups is 1. The Morgan fingerprint density at radius 3 is 2.74 bits per heavy atom. The predicted octanol–water partition coefficient (Wildman–Crippen LogP) is 3.62. The largest absolute Gasteiger partial charge is 0.314 e. The van der Waals surface area contributed by atoms with Gasteiger partial charge in [0.2, 0.25) is 0 Å². The fourth-order valence-corrected chi connectivity index (χ4v) is 4.62. The third-order valence-electron chi connectivity index (χ3n) is 6.00. The summed E-state index contributed by atoms with van der Waals surface area (Å²) in [6.07, 6.45) is 0.851. The van der Waals surface area contributed by atoms with Crippen molar-refractivity contribution in [2.75, 3.05) is 31.6 Å². The summed E-state index contributed by atoms with van der Waals surface area (Å²) in [6.45, 7) is 4.26. The van der Waals surface area contributed by atoms with Gasteiger partial charge in [0, 0.05) is 17.7 Å². The van der Waals surface area contributed by atoms with Gasteiger partial charge in [-0.05, 0) is 42.8 Å². The van der Waals surface area contributed by atoms with Gasteiger partial charge in [-0.25, -0.2) is 4.39 Å². The lowest BCUT2D eigenvalue weighted by Crippen LogP contribution is -2.56. The molecule has 0 aliphatic carbocycles. The number of piperidine rings is 1. The number of likely N-dealkylation sites (tertiary alicyclic amines) is 1. The Morgan fingerprint density at radius 1 is 1.30 bits per heavy atom. The van der Waals surface area contributed by atoms with Crippen LogP contribution in [0.4, 0.5) is 10.1 Å². The SMILES string of the molecule is Cc1ccc2c(c1)C1C[N+](C)(CC#N)CCC1N2C(=O)c1ccc(F)cc1. The zero-order valence-corrected chi connectivity index (χ0v) is 15.7. The highest BCUT2D eigenvalue weighted by Crippen LogP contribution is 2.46. The van der Waals surface area contributed by atoms with Gasteiger partial charge in [0.05, 0.1) is 32.1 Å². The minimum absolute atomic E-state index is 0.0796. The average molecular weight is 364 g/mol. The van der Waals surface area contributed by atoms with Crippen molar-refractivity contribution in [2.24, 2.45) is 0 Å². The van der Waals surface area contributed by atoms with Gasteiger partial charge in [-0.3, -0.25) is 4.79 Å². The van der Waals surface area contributed by atoms with Crippen LogP contribution in [0.2, 0.25) is 0 Å². The molecule has 0 N–H and O–H groups in total. The van der Waals surface area contributed by atoms with E-state index in [1.54, 1.807) is 12.1 Å². The molecule has 5 heteroatoms. The molecular formula is C22H23FN3O+. The topological polar surface area (TPSA) is 44.1 Å². The molecule has 0 bridgehead atoms. The molecule has 27 heavy (non-hydrogen) atoms. The van der Waals surface area contributed by atoms with E-state index in [4.69, 9.17) is 0 Å². The Hall–Kier alpha value is -2.71. The number of hydrogen-bond donors (Lipinski definition) is 0. The first-order valence-electron chi connectivity index (χ1n) is 9.32.